The highest BCUT2D eigenvalue weighted by atomic mass is 14.0. The lowest BCUT2D eigenvalue weighted by atomic mass is 9.92. The monoisotopic (exact) mass is 92.1 g/mol. The van der Waals surface area contributed by atoms with E-state index in [4.69, 9.17) is 0 Å². The smallest absolute Gasteiger partial charge is 0.103 e. The fraction of sp³-hybridized carbons (Fsp3) is 0.333. The van der Waals surface area contributed by atoms with Crippen LogP contribution >= 0.6 is 0 Å². The van der Waals surface area contributed by atoms with Crippen LogP contribution in [0.5, 0.6) is 0 Å². The van der Waals surface area contributed by atoms with E-state index in [1.54, 1.807) is 0 Å². The van der Waals surface area contributed by atoms with Crippen molar-refractivity contribution in [2.24, 2.45) is 0 Å². The largest absolute Gasteiger partial charge is 0.134 e. The molecule has 0 unspecified atom stereocenters. The van der Waals surface area contributed by atoms with Crippen molar-refractivity contribution in [1.82, 2.24) is 0 Å². The van der Waals surface area contributed by atoms with Gasteiger partial charge in [-0.2, -0.15) is 0 Å². The van der Waals surface area contributed by atoms with E-state index in [1.807, 2.05) is 0 Å². The molecule has 0 saturated carbocycles. The van der Waals surface area contributed by atoms with Crippen LogP contribution in [0.25, 0.3) is 0 Å². The Balaban J connectivity index is 2.79. The van der Waals surface area contributed by atoms with Crippen molar-refractivity contribution in [3.63, 3.8) is 0 Å². The lowest BCUT2D eigenvalue weighted by Crippen LogP contribution is -1.75. The maximum Gasteiger partial charge on any atom is 0.134 e. The van der Waals surface area contributed by atoms with Gasteiger partial charge in [0, 0.05) is 0 Å². The van der Waals surface area contributed by atoms with Gasteiger partial charge >= 0.3 is 0 Å². The van der Waals surface area contributed by atoms with Gasteiger partial charge < -0.3 is 0 Å². The first kappa shape index (κ1) is 4.70. The second kappa shape index (κ2) is 1.57. The van der Waals surface area contributed by atoms with Crippen LogP contribution in [0.15, 0.2) is 23.2 Å². The normalized spacial score (nSPS) is 19.0. The molecule has 0 heterocycles. The Morgan fingerprint density at radius 1 is 1.71 bits per heavy atom. The molecule has 0 aromatic carbocycles. The summed E-state index contributed by atoms with van der Waals surface area (Å²) in [5.74, 6) is 0. The third-order valence-corrected chi connectivity index (χ3v) is 1.47. The highest BCUT2D eigenvalue weighted by Gasteiger charge is 1.95. The molecule has 0 aliphatic heterocycles. The molecule has 0 aromatic heterocycles. The Bertz CT molecular complexity index is 131. The Hall–Kier alpha value is -0.455. The minimum atomic E-state index is 1.17. The van der Waals surface area contributed by atoms with Crippen molar-refractivity contribution in [2.75, 3.05) is 0 Å². The van der Waals surface area contributed by atoms with Crippen LogP contribution in [0.1, 0.15) is 13.3 Å². The van der Waals surface area contributed by atoms with E-state index in [9.17, 15) is 0 Å². The van der Waals surface area contributed by atoms with Gasteiger partial charge in [-0.3, -0.25) is 0 Å². The van der Waals surface area contributed by atoms with Gasteiger partial charge in [-0.25, -0.2) is 0 Å². The molecule has 0 aromatic rings. The highest BCUT2D eigenvalue weighted by Crippen LogP contribution is 2.13. The predicted octanol–water partition coefficient (Wildman–Crippen LogP) is 0.853. The van der Waals surface area contributed by atoms with E-state index in [2.05, 4.69) is 26.9 Å². The number of hydrogen-bond donors (Lipinski definition) is 0. The first-order valence-corrected chi connectivity index (χ1v) is 2.63. The fourth-order valence-electron chi connectivity index (χ4n) is 0.716. The van der Waals surface area contributed by atoms with Crippen LogP contribution < -0.4 is 0 Å². The first-order valence-electron chi connectivity index (χ1n) is 2.63. The van der Waals surface area contributed by atoms with E-state index >= 15 is 0 Å². The number of allylic oxidation sites excluding steroid dienone is 4. The van der Waals surface area contributed by atoms with Crippen LogP contribution in [-0.2, 0) is 0 Å². The molecule has 0 fully saturated rings. The third kappa shape index (κ3) is 0.765. The molecule has 1 aliphatic carbocycles. The zero-order valence-electron chi connectivity index (χ0n) is 4.86. The quantitative estimate of drug-likeness (QED) is 0.388. The molecule has 1 aliphatic rings. The maximum atomic E-state index is 2.20. The topological polar surface area (TPSA) is 0 Å². The SMILES string of the molecule is BC1=C(C)C=CC1. The Morgan fingerprint density at radius 2 is 2.43 bits per heavy atom. The number of hydrogen-bond acceptors (Lipinski definition) is 0. The zero-order chi connectivity index (χ0) is 5.28. The van der Waals surface area contributed by atoms with E-state index in [0.29, 0.717) is 0 Å². The molecule has 1 heteroatoms. The first-order chi connectivity index (χ1) is 3.30. The van der Waals surface area contributed by atoms with E-state index in [0.717, 1.165) is 0 Å². The van der Waals surface area contributed by atoms with Gasteiger partial charge in [0.2, 0.25) is 0 Å². The van der Waals surface area contributed by atoms with Gasteiger partial charge in [-0.05, 0) is 13.3 Å². The van der Waals surface area contributed by atoms with Gasteiger partial charge in [-0.1, -0.05) is 17.7 Å². The molecular weight excluding hydrogens is 82.9 g/mol. The molecule has 0 nitrogen and oxygen atoms in total. The van der Waals surface area contributed by atoms with Crippen LogP contribution in [0.2, 0.25) is 0 Å². The molecule has 0 bridgehead atoms. The highest BCUT2D eigenvalue weighted by molar-refractivity contribution is 6.22. The molecule has 36 valence electrons. The molecular formula is C6H9B. The van der Waals surface area contributed by atoms with Gasteiger partial charge in [0.05, 0.1) is 0 Å². The summed E-state index contributed by atoms with van der Waals surface area (Å²) >= 11 is 0. The van der Waals surface area contributed by atoms with Crippen molar-refractivity contribution in [3.05, 3.63) is 23.2 Å². The average molecular weight is 91.9 g/mol. The average Bonchev–Trinajstić information content (AvgIpc) is 1.91. The molecule has 0 saturated heterocycles. The predicted molar refractivity (Wildman–Crippen MR) is 35.0 cm³/mol. The summed E-state index contributed by atoms with van der Waals surface area (Å²) < 4.78 is 0. The van der Waals surface area contributed by atoms with E-state index in [1.165, 1.54) is 17.5 Å². The van der Waals surface area contributed by atoms with Gasteiger partial charge in [0.25, 0.3) is 0 Å². The lowest BCUT2D eigenvalue weighted by Gasteiger charge is -1.87. The van der Waals surface area contributed by atoms with Gasteiger partial charge in [0.1, 0.15) is 7.85 Å². The molecule has 1 rings (SSSR count). The fourth-order valence-corrected chi connectivity index (χ4v) is 0.716. The molecule has 0 radical (unpaired) electrons. The van der Waals surface area contributed by atoms with Crippen molar-refractivity contribution in [2.45, 2.75) is 13.3 Å². The van der Waals surface area contributed by atoms with Crippen molar-refractivity contribution in [1.29, 1.82) is 0 Å². The summed E-state index contributed by atoms with van der Waals surface area (Å²) in [6.45, 7) is 2.15. The Morgan fingerprint density at radius 3 is 2.57 bits per heavy atom. The van der Waals surface area contributed by atoms with Crippen molar-refractivity contribution >= 4 is 7.85 Å². The van der Waals surface area contributed by atoms with Gasteiger partial charge in [0.15, 0.2) is 0 Å². The van der Waals surface area contributed by atoms with E-state index in [-0.39, 0.29) is 0 Å². The van der Waals surface area contributed by atoms with Crippen molar-refractivity contribution in [3.8, 4) is 0 Å². The summed E-state index contributed by atoms with van der Waals surface area (Å²) in [6, 6.07) is 0. The standard InChI is InChI=1S/C6H9B/c1-5-3-2-4-6(5)7/h2-3H,4,7H2,1H3. The Labute approximate surface area is 45.3 Å². The second-order valence-corrected chi connectivity index (χ2v) is 2.07. The molecule has 0 spiro atoms. The summed E-state index contributed by atoms with van der Waals surface area (Å²) in [6.07, 6.45) is 5.55. The summed E-state index contributed by atoms with van der Waals surface area (Å²) in [4.78, 5) is 0. The van der Waals surface area contributed by atoms with Crippen LogP contribution in [0, 0.1) is 0 Å². The third-order valence-electron chi connectivity index (χ3n) is 1.47. The molecule has 0 amide bonds. The Kier molecular flexibility index (Phi) is 1.05. The minimum Gasteiger partial charge on any atom is -0.103 e. The van der Waals surface area contributed by atoms with E-state index < -0.39 is 0 Å². The number of rotatable bonds is 0. The summed E-state index contributed by atoms with van der Waals surface area (Å²) in [7, 11) is 2.18. The molecule has 0 N–H and O–H groups in total. The van der Waals surface area contributed by atoms with Crippen molar-refractivity contribution < 1.29 is 0 Å². The summed E-state index contributed by atoms with van der Waals surface area (Å²) in [5.41, 5.74) is 2.96. The van der Waals surface area contributed by atoms with Crippen LogP contribution in [0.4, 0.5) is 0 Å². The zero-order valence-corrected chi connectivity index (χ0v) is 4.86. The van der Waals surface area contributed by atoms with Gasteiger partial charge in [-0.15, -0.1) is 5.47 Å². The molecule has 0 atom stereocenters. The second-order valence-electron chi connectivity index (χ2n) is 2.07. The van der Waals surface area contributed by atoms with Crippen LogP contribution in [0.3, 0.4) is 0 Å². The van der Waals surface area contributed by atoms with Crippen LogP contribution in [-0.4, -0.2) is 7.85 Å². The minimum absolute atomic E-state index is 1.17. The summed E-state index contributed by atoms with van der Waals surface area (Å²) in [5, 5.41) is 0. The lowest BCUT2D eigenvalue weighted by molar-refractivity contribution is 1.37. The molecule has 7 heavy (non-hydrogen) atoms. The maximum absolute atomic E-state index is 2.20.